The van der Waals surface area contributed by atoms with Gasteiger partial charge in [-0.3, -0.25) is 5.43 Å². The average molecular weight is 313 g/mol. The van der Waals surface area contributed by atoms with Crippen LogP contribution in [0.15, 0.2) is 30.8 Å². The number of nitrogens with one attached hydrogen (secondary N) is 2. The van der Waals surface area contributed by atoms with E-state index in [2.05, 4.69) is 17.0 Å². The summed E-state index contributed by atoms with van der Waals surface area (Å²) in [6, 6.07) is 6.57. The fourth-order valence-corrected chi connectivity index (χ4v) is 1.60. The van der Waals surface area contributed by atoms with Gasteiger partial charge in [0.25, 0.3) is 11.9 Å². The van der Waals surface area contributed by atoms with E-state index in [1.54, 1.807) is 24.3 Å². The van der Waals surface area contributed by atoms with Crippen LogP contribution >= 0.6 is 0 Å². The Morgan fingerprint density at radius 2 is 1.59 bits per heavy atom. The fourth-order valence-electron chi connectivity index (χ4n) is 1.60. The molecular weight excluding hydrogens is 302 g/mol. The first-order valence-corrected chi connectivity index (χ1v) is 5.99. The van der Waals surface area contributed by atoms with Crippen molar-refractivity contribution in [2.75, 3.05) is 12.5 Å². The Bertz CT molecular complexity index is 678. The third kappa shape index (κ3) is 3.11. The van der Waals surface area contributed by atoms with Gasteiger partial charge in [0.1, 0.15) is 11.4 Å². The van der Waals surface area contributed by atoms with E-state index in [1.807, 2.05) is 5.43 Å². The van der Waals surface area contributed by atoms with Crippen molar-refractivity contribution in [2.24, 2.45) is 0 Å². The molecule has 0 atom stereocenters. The van der Waals surface area contributed by atoms with Gasteiger partial charge in [0.05, 0.1) is 12.8 Å². The standard InChI is InChI=1S/C14H11F4N3O/c1-7(8-3-5-9(22-2)6-4-8)20-21-12-10(15)13(17)19-14(18)11(12)16/h3-6,20H,1H2,2H3,(H,19,21). The molecule has 8 heteroatoms. The Labute approximate surface area is 123 Å². The molecule has 0 aliphatic rings. The van der Waals surface area contributed by atoms with Crippen molar-refractivity contribution in [1.82, 2.24) is 10.4 Å². The molecule has 0 amide bonds. The van der Waals surface area contributed by atoms with Crippen LogP contribution in [0.2, 0.25) is 0 Å². The van der Waals surface area contributed by atoms with Crippen LogP contribution in [0.25, 0.3) is 5.70 Å². The lowest BCUT2D eigenvalue weighted by molar-refractivity contribution is 0.410. The maximum absolute atomic E-state index is 13.4. The zero-order chi connectivity index (χ0) is 16.3. The van der Waals surface area contributed by atoms with E-state index in [4.69, 9.17) is 4.74 Å². The second-order valence-corrected chi connectivity index (χ2v) is 4.15. The minimum absolute atomic E-state index is 0.221. The van der Waals surface area contributed by atoms with E-state index < -0.39 is 29.2 Å². The predicted molar refractivity (Wildman–Crippen MR) is 72.9 cm³/mol. The highest BCUT2D eigenvalue weighted by Gasteiger charge is 2.20. The normalized spacial score (nSPS) is 10.2. The molecule has 116 valence electrons. The molecule has 0 radical (unpaired) electrons. The van der Waals surface area contributed by atoms with E-state index >= 15 is 0 Å². The summed E-state index contributed by atoms with van der Waals surface area (Å²) in [5.74, 6) is -6.18. The van der Waals surface area contributed by atoms with Crippen LogP contribution in [-0.2, 0) is 0 Å². The summed E-state index contributed by atoms with van der Waals surface area (Å²) in [5, 5.41) is 0. The van der Waals surface area contributed by atoms with E-state index in [-0.39, 0.29) is 5.70 Å². The molecule has 4 nitrogen and oxygen atoms in total. The molecule has 1 heterocycles. The number of hydrogen-bond acceptors (Lipinski definition) is 4. The van der Waals surface area contributed by atoms with Crippen LogP contribution < -0.4 is 15.6 Å². The highest BCUT2D eigenvalue weighted by molar-refractivity contribution is 5.64. The molecule has 2 N–H and O–H groups in total. The molecule has 0 aliphatic heterocycles. The van der Waals surface area contributed by atoms with E-state index in [0.717, 1.165) is 0 Å². The van der Waals surface area contributed by atoms with Gasteiger partial charge in [0.15, 0.2) is 0 Å². The number of pyridine rings is 1. The number of rotatable bonds is 5. The first kappa shape index (κ1) is 15.6. The molecule has 0 fully saturated rings. The largest absolute Gasteiger partial charge is 0.497 e. The Morgan fingerprint density at radius 1 is 1.05 bits per heavy atom. The van der Waals surface area contributed by atoms with E-state index in [9.17, 15) is 17.6 Å². The van der Waals surface area contributed by atoms with Crippen LogP contribution in [0.1, 0.15) is 5.56 Å². The summed E-state index contributed by atoms with van der Waals surface area (Å²) in [5.41, 5.74) is 4.17. The summed E-state index contributed by atoms with van der Waals surface area (Å²) >= 11 is 0. The van der Waals surface area contributed by atoms with Crippen molar-refractivity contribution in [1.29, 1.82) is 0 Å². The molecule has 2 rings (SSSR count). The lowest BCUT2D eigenvalue weighted by atomic mass is 10.2. The molecular formula is C14H11F4N3O. The monoisotopic (exact) mass is 313 g/mol. The quantitative estimate of drug-likeness (QED) is 0.505. The Balaban J connectivity index is 2.14. The van der Waals surface area contributed by atoms with Gasteiger partial charge in [-0.2, -0.15) is 22.5 Å². The number of anilines is 1. The van der Waals surface area contributed by atoms with Crippen LogP contribution in [0.3, 0.4) is 0 Å². The van der Waals surface area contributed by atoms with Crippen LogP contribution in [0, 0.1) is 23.5 Å². The lowest BCUT2D eigenvalue weighted by Crippen LogP contribution is -2.22. The van der Waals surface area contributed by atoms with Crippen molar-refractivity contribution < 1.29 is 22.3 Å². The van der Waals surface area contributed by atoms with Gasteiger partial charge in [-0.15, -0.1) is 0 Å². The minimum atomic E-state index is -1.75. The second kappa shape index (κ2) is 6.33. The second-order valence-electron chi connectivity index (χ2n) is 4.15. The molecule has 22 heavy (non-hydrogen) atoms. The minimum Gasteiger partial charge on any atom is -0.497 e. The molecule has 1 aromatic heterocycles. The van der Waals surface area contributed by atoms with Crippen molar-refractivity contribution >= 4 is 11.4 Å². The van der Waals surface area contributed by atoms with Gasteiger partial charge in [-0.05, 0) is 29.8 Å². The van der Waals surface area contributed by atoms with Gasteiger partial charge in [-0.25, -0.2) is 0 Å². The predicted octanol–water partition coefficient (Wildman–Crippen LogP) is 3.23. The van der Waals surface area contributed by atoms with Crippen molar-refractivity contribution in [3.8, 4) is 5.75 Å². The average Bonchev–Trinajstić information content (AvgIpc) is 2.53. The van der Waals surface area contributed by atoms with Crippen LogP contribution in [-0.4, -0.2) is 12.1 Å². The van der Waals surface area contributed by atoms with Crippen molar-refractivity contribution in [2.45, 2.75) is 0 Å². The highest BCUT2D eigenvalue weighted by Crippen LogP contribution is 2.22. The van der Waals surface area contributed by atoms with Crippen LogP contribution in [0.4, 0.5) is 23.2 Å². The zero-order valence-corrected chi connectivity index (χ0v) is 11.4. The molecule has 0 bridgehead atoms. The molecule has 0 spiro atoms. The van der Waals surface area contributed by atoms with E-state index in [0.29, 0.717) is 11.3 Å². The first-order chi connectivity index (χ1) is 10.4. The van der Waals surface area contributed by atoms with E-state index in [1.165, 1.54) is 7.11 Å². The Hall–Kier alpha value is -2.77. The number of nitrogens with zero attached hydrogens (tertiary/aromatic N) is 1. The van der Waals surface area contributed by atoms with Gasteiger partial charge in [0, 0.05) is 0 Å². The molecule has 0 saturated carbocycles. The summed E-state index contributed by atoms with van der Waals surface area (Å²) in [7, 11) is 1.50. The number of hydrogen-bond donors (Lipinski definition) is 2. The molecule has 0 unspecified atom stereocenters. The fraction of sp³-hybridized carbons (Fsp3) is 0.0714. The smallest absolute Gasteiger partial charge is 0.254 e. The number of aromatic nitrogens is 1. The summed E-state index contributed by atoms with van der Waals surface area (Å²) < 4.78 is 57.7. The van der Waals surface area contributed by atoms with Crippen molar-refractivity contribution in [3.05, 3.63) is 59.9 Å². The summed E-state index contributed by atoms with van der Waals surface area (Å²) in [6.45, 7) is 3.64. The first-order valence-electron chi connectivity index (χ1n) is 5.99. The Kier molecular flexibility index (Phi) is 4.50. The Morgan fingerprint density at radius 3 is 2.09 bits per heavy atom. The van der Waals surface area contributed by atoms with Crippen LogP contribution in [0.5, 0.6) is 5.75 Å². The highest BCUT2D eigenvalue weighted by atomic mass is 19.2. The summed E-state index contributed by atoms with van der Waals surface area (Å²) in [6.07, 6.45) is 0. The third-order valence-corrected chi connectivity index (χ3v) is 2.77. The maximum Gasteiger partial charge on any atom is 0.254 e. The van der Waals surface area contributed by atoms with Crippen molar-refractivity contribution in [3.63, 3.8) is 0 Å². The van der Waals surface area contributed by atoms with Gasteiger partial charge in [-0.1, -0.05) is 6.58 Å². The number of benzene rings is 1. The summed E-state index contributed by atoms with van der Waals surface area (Å²) in [4.78, 5) is 2.45. The SMILES string of the molecule is C=C(NNc1c(F)c(F)nc(F)c1F)c1ccc(OC)cc1. The molecule has 0 saturated heterocycles. The third-order valence-electron chi connectivity index (χ3n) is 2.77. The molecule has 1 aromatic carbocycles. The van der Waals surface area contributed by atoms with Gasteiger partial charge in [0.2, 0.25) is 11.6 Å². The maximum atomic E-state index is 13.4. The number of methoxy groups -OCH3 is 1. The molecule has 0 aliphatic carbocycles. The van der Waals surface area contributed by atoms with Gasteiger partial charge >= 0.3 is 0 Å². The number of hydrazine groups is 1. The topological polar surface area (TPSA) is 46.2 Å². The number of halogens is 4. The van der Waals surface area contributed by atoms with Gasteiger partial charge < -0.3 is 10.2 Å². The molecule has 2 aromatic rings. The lowest BCUT2D eigenvalue weighted by Gasteiger charge is -2.14. The zero-order valence-electron chi connectivity index (χ0n) is 11.4. The number of ether oxygens (including phenoxy) is 1.